The molecule has 1 heterocycles. The molecule has 1 aromatic carbocycles. The molecule has 6 heteroatoms. The van der Waals surface area contributed by atoms with Crippen LogP contribution in [-0.2, 0) is 14.4 Å². The number of rotatable bonds is 3. The van der Waals surface area contributed by atoms with Crippen molar-refractivity contribution in [1.29, 1.82) is 0 Å². The highest BCUT2D eigenvalue weighted by molar-refractivity contribution is 6.13. The maximum Gasteiger partial charge on any atom is 0.229 e. The zero-order valence-corrected chi connectivity index (χ0v) is 15.1. The van der Waals surface area contributed by atoms with Crippen LogP contribution in [0.2, 0.25) is 0 Å². The van der Waals surface area contributed by atoms with Gasteiger partial charge >= 0.3 is 0 Å². The number of benzene rings is 1. The van der Waals surface area contributed by atoms with Crippen LogP contribution in [0.15, 0.2) is 30.7 Å². The number of nitrogens with zero attached hydrogens (tertiary/aromatic N) is 2. The van der Waals surface area contributed by atoms with Crippen molar-refractivity contribution in [2.24, 2.45) is 5.92 Å². The maximum atomic E-state index is 12.7. The summed E-state index contributed by atoms with van der Waals surface area (Å²) >= 11 is 0. The largest absolute Gasteiger partial charge is 0.309 e. The van der Waals surface area contributed by atoms with Crippen molar-refractivity contribution in [3.05, 3.63) is 53.0 Å². The minimum absolute atomic E-state index is 0.0509. The van der Waals surface area contributed by atoms with E-state index in [1.807, 2.05) is 32.9 Å². The van der Waals surface area contributed by atoms with Crippen LogP contribution >= 0.6 is 0 Å². The Morgan fingerprint density at radius 1 is 1.04 bits per heavy atom. The standard InChI is InChI=1S/C20H21N3O3/c1-11-6-12(2)18(13(3)7-11)19-15(24)8-14(9-16(19)25)20(26)23-17-10-21-4-5-22-17/h4-7,10,14,19H,8-9H2,1-3H3,(H,22,23,26). The van der Waals surface area contributed by atoms with Crippen molar-refractivity contribution in [1.82, 2.24) is 9.97 Å². The lowest BCUT2D eigenvalue weighted by Gasteiger charge is -2.28. The van der Waals surface area contributed by atoms with Gasteiger partial charge in [-0.15, -0.1) is 0 Å². The summed E-state index contributed by atoms with van der Waals surface area (Å²) in [5.41, 5.74) is 3.77. The van der Waals surface area contributed by atoms with E-state index in [0.29, 0.717) is 5.82 Å². The van der Waals surface area contributed by atoms with E-state index in [1.165, 1.54) is 18.6 Å². The van der Waals surface area contributed by atoms with E-state index in [4.69, 9.17) is 0 Å². The van der Waals surface area contributed by atoms with Gasteiger partial charge in [-0.3, -0.25) is 19.4 Å². The SMILES string of the molecule is Cc1cc(C)c(C2C(=O)CC(C(=O)Nc3cnccn3)CC2=O)c(C)c1. The second-order valence-corrected chi connectivity index (χ2v) is 6.86. The first kappa shape index (κ1) is 17.9. The highest BCUT2D eigenvalue weighted by atomic mass is 16.2. The molecule has 1 aromatic heterocycles. The third-order valence-electron chi connectivity index (χ3n) is 4.75. The van der Waals surface area contributed by atoms with E-state index >= 15 is 0 Å². The summed E-state index contributed by atoms with van der Waals surface area (Å²) < 4.78 is 0. The normalized spacial score (nSPS) is 20.1. The van der Waals surface area contributed by atoms with Crippen LogP contribution in [0.25, 0.3) is 0 Å². The zero-order valence-electron chi connectivity index (χ0n) is 15.1. The Balaban J connectivity index is 1.79. The minimum atomic E-state index is -0.767. The number of anilines is 1. The fourth-order valence-electron chi connectivity index (χ4n) is 3.72. The molecule has 0 spiro atoms. The molecule has 0 atom stereocenters. The molecule has 0 unspecified atom stereocenters. The Kier molecular flexibility index (Phi) is 4.93. The number of aromatic nitrogens is 2. The van der Waals surface area contributed by atoms with Crippen LogP contribution in [0, 0.1) is 26.7 Å². The van der Waals surface area contributed by atoms with E-state index < -0.39 is 11.8 Å². The molecule has 0 bridgehead atoms. The van der Waals surface area contributed by atoms with E-state index in [0.717, 1.165) is 22.3 Å². The van der Waals surface area contributed by atoms with Gasteiger partial charge in [-0.05, 0) is 37.5 Å². The molecule has 1 fully saturated rings. The van der Waals surface area contributed by atoms with Gasteiger partial charge in [0.15, 0.2) is 5.82 Å². The first-order valence-corrected chi connectivity index (χ1v) is 8.57. The van der Waals surface area contributed by atoms with Gasteiger partial charge < -0.3 is 5.32 Å². The van der Waals surface area contributed by atoms with E-state index in [2.05, 4.69) is 15.3 Å². The maximum absolute atomic E-state index is 12.7. The van der Waals surface area contributed by atoms with Gasteiger partial charge in [0, 0.05) is 25.2 Å². The Labute approximate surface area is 152 Å². The molecular formula is C20H21N3O3. The number of amides is 1. The van der Waals surface area contributed by atoms with Crippen molar-refractivity contribution in [2.75, 3.05) is 5.32 Å². The van der Waals surface area contributed by atoms with Gasteiger partial charge in [0.25, 0.3) is 0 Å². The highest BCUT2D eigenvalue weighted by Crippen LogP contribution is 2.35. The molecular weight excluding hydrogens is 330 g/mol. The van der Waals surface area contributed by atoms with E-state index in [1.54, 1.807) is 0 Å². The van der Waals surface area contributed by atoms with Crippen LogP contribution in [0.5, 0.6) is 0 Å². The molecule has 26 heavy (non-hydrogen) atoms. The number of carbonyl (C=O) groups is 3. The average molecular weight is 351 g/mol. The molecule has 1 saturated carbocycles. The van der Waals surface area contributed by atoms with Gasteiger partial charge in [0.2, 0.25) is 5.91 Å². The third-order valence-corrected chi connectivity index (χ3v) is 4.75. The Morgan fingerprint density at radius 2 is 1.65 bits per heavy atom. The predicted molar refractivity (Wildman–Crippen MR) is 96.8 cm³/mol. The number of hydrogen-bond acceptors (Lipinski definition) is 5. The van der Waals surface area contributed by atoms with Gasteiger partial charge in [-0.2, -0.15) is 0 Å². The molecule has 1 aliphatic carbocycles. The van der Waals surface area contributed by atoms with Gasteiger partial charge in [0.1, 0.15) is 17.5 Å². The summed E-state index contributed by atoms with van der Waals surface area (Å²) in [6.45, 7) is 5.83. The second kappa shape index (κ2) is 7.15. The van der Waals surface area contributed by atoms with Crippen molar-refractivity contribution >= 4 is 23.3 Å². The number of hydrogen-bond donors (Lipinski definition) is 1. The molecule has 0 saturated heterocycles. The first-order valence-electron chi connectivity index (χ1n) is 8.57. The number of nitrogens with one attached hydrogen (secondary N) is 1. The molecule has 1 amide bonds. The zero-order chi connectivity index (χ0) is 18.8. The van der Waals surface area contributed by atoms with Gasteiger partial charge in [-0.1, -0.05) is 17.7 Å². The van der Waals surface area contributed by atoms with E-state index in [9.17, 15) is 14.4 Å². The van der Waals surface area contributed by atoms with Crippen molar-refractivity contribution in [3.8, 4) is 0 Å². The second-order valence-electron chi connectivity index (χ2n) is 6.86. The lowest BCUT2D eigenvalue weighted by atomic mass is 9.74. The minimum Gasteiger partial charge on any atom is -0.309 e. The fourth-order valence-corrected chi connectivity index (χ4v) is 3.72. The summed E-state index contributed by atoms with van der Waals surface area (Å²) in [7, 11) is 0. The molecule has 0 radical (unpaired) electrons. The molecule has 134 valence electrons. The summed E-state index contributed by atoms with van der Waals surface area (Å²) in [6.07, 6.45) is 4.49. The molecule has 0 aliphatic heterocycles. The Hall–Kier alpha value is -2.89. The highest BCUT2D eigenvalue weighted by Gasteiger charge is 2.40. The quantitative estimate of drug-likeness (QED) is 0.859. The first-order chi connectivity index (χ1) is 12.4. The van der Waals surface area contributed by atoms with E-state index in [-0.39, 0.29) is 30.3 Å². The van der Waals surface area contributed by atoms with Crippen LogP contribution in [0.4, 0.5) is 5.82 Å². The van der Waals surface area contributed by atoms with Crippen LogP contribution in [0.3, 0.4) is 0 Å². The fraction of sp³-hybridized carbons (Fsp3) is 0.350. The molecule has 3 rings (SSSR count). The number of carbonyl (C=O) groups excluding carboxylic acids is 3. The average Bonchev–Trinajstić information content (AvgIpc) is 2.57. The Morgan fingerprint density at radius 3 is 2.19 bits per heavy atom. The Bertz CT molecular complexity index is 836. The molecule has 1 N–H and O–H groups in total. The number of aryl methyl sites for hydroxylation is 3. The van der Waals surface area contributed by atoms with Crippen molar-refractivity contribution < 1.29 is 14.4 Å². The van der Waals surface area contributed by atoms with Gasteiger partial charge in [0.05, 0.1) is 12.1 Å². The molecule has 6 nitrogen and oxygen atoms in total. The number of Topliss-reactive ketones (excluding diaryl/α,β-unsaturated/α-hetero) is 2. The van der Waals surface area contributed by atoms with Gasteiger partial charge in [-0.25, -0.2) is 4.98 Å². The lowest BCUT2D eigenvalue weighted by Crippen LogP contribution is -2.38. The van der Waals surface area contributed by atoms with Crippen molar-refractivity contribution in [3.63, 3.8) is 0 Å². The lowest BCUT2D eigenvalue weighted by molar-refractivity contribution is -0.138. The summed E-state index contributed by atoms with van der Waals surface area (Å²) in [4.78, 5) is 45.7. The predicted octanol–water partition coefficient (Wildman–Crippen LogP) is 2.67. The van der Waals surface area contributed by atoms with Crippen LogP contribution < -0.4 is 5.32 Å². The van der Waals surface area contributed by atoms with Crippen LogP contribution in [0.1, 0.15) is 41.0 Å². The van der Waals surface area contributed by atoms with Crippen molar-refractivity contribution in [2.45, 2.75) is 39.5 Å². The number of ketones is 2. The monoisotopic (exact) mass is 351 g/mol. The summed E-state index contributed by atoms with van der Waals surface area (Å²) in [6, 6.07) is 3.96. The van der Waals surface area contributed by atoms with Crippen LogP contribution in [-0.4, -0.2) is 27.4 Å². The molecule has 2 aromatic rings. The topological polar surface area (TPSA) is 89.0 Å². The smallest absolute Gasteiger partial charge is 0.229 e. The summed E-state index contributed by atoms with van der Waals surface area (Å²) in [5.74, 6) is -1.89. The molecule has 1 aliphatic rings. The summed E-state index contributed by atoms with van der Waals surface area (Å²) in [5, 5.41) is 2.62. The third kappa shape index (κ3) is 3.54.